The summed E-state index contributed by atoms with van der Waals surface area (Å²) in [5.41, 5.74) is 1.53. The zero-order valence-electron chi connectivity index (χ0n) is 17.8. The molecule has 0 aliphatic carbocycles. The van der Waals surface area contributed by atoms with E-state index in [1.54, 1.807) is 12.1 Å². The lowest BCUT2D eigenvalue weighted by Crippen LogP contribution is -2.27. The molecule has 172 valence electrons. The Balaban J connectivity index is 1.66. The van der Waals surface area contributed by atoms with Crippen molar-refractivity contribution in [1.29, 1.82) is 0 Å². The number of hydrogen-bond acceptors (Lipinski definition) is 7. The van der Waals surface area contributed by atoms with Gasteiger partial charge in [-0.2, -0.15) is 0 Å². The number of rotatable bonds is 7. The summed E-state index contributed by atoms with van der Waals surface area (Å²) in [6.45, 7) is 0.222. The summed E-state index contributed by atoms with van der Waals surface area (Å²) in [4.78, 5) is 26.1. The molecule has 1 amide bonds. The maximum absolute atomic E-state index is 13.1. The van der Waals surface area contributed by atoms with E-state index in [9.17, 15) is 14.9 Å². The highest BCUT2D eigenvalue weighted by Crippen LogP contribution is 2.40. The second-order valence-electron chi connectivity index (χ2n) is 7.09. The summed E-state index contributed by atoms with van der Waals surface area (Å²) >= 11 is 9.85. The highest BCUT2D eigenvalue weighted by molar-refractivity contribution is 9.10. The van der Waals surface area contributed by atoms with Crippen LogP contribution in [0.3, 0.4) is 0 Å². The van der Waals surface area contributed by atoms with Crippen LogP contribution in [-0.2, 0) is 11.4 Å². The Labute approximate surface area is 213 Å². The van der Waals surface area contributed by atoms with Crippen LogP contribution in [0.5, 0.6) is 11.5 Å². The molecular weight excluding hydrogens is 540 g/mol. The number of nitrogens with zero attached hydrogens (tertiary/aromatic N) is 2. The molecule has 0 atom stereocenters. The van der Waals surface area contributed by atoms with Crippen molar-refractivity contribution in [2.45, 2.75) is 6.61 Å². The highest BCUT2D eigenvalue weighted by atomic mass is 79.9. The zero-order valence-corrected chi connectivity index (χ0v) is 21.0. The molecule has 4 rings (SSSR count). The lowest BCUT2D eigenvalue weighted by molar-refractivity contribution is -0.385. The summed E-state index contributed by atoms with van der Waals surface area (Å²) < 4.78 is 12.4. The molecule has 0 radical (unpaired) electrons. The average Bonchev–Trinajstić information content (AvgIpc) is 3.11. The van der Waals surface area contributed by atoms with Crippen molar-refractivity contribution in [1.82, 2.24) is 0 Å². The van der Waals surface area contributed by atoms with Gasteiger partial charge in [-0.15, -0.1) is 0 Å². The first kappa shape index (κ1) is 23.9. The maximum atomic E-state index is 13.1. The van der Waals surface area contributed by atoms with E-state index in [4.69, 9.17) is 21.7 Å². The van der Waals surface area contributed by atoms with Crippen LogP contribution in [0, 0.1) is 10.1 Å². The smallest absolute Gasteiger partial charge is 0.280 e. The van der Waals surface area contributed by atoms with Gasteiger partial charge in [0.1, 0.15) is 6.61 Å². The molecule has 0 aromatic heterocycles. The van der Waals surface area contributed by atoms with E-state index in [0.717, 1.165) is 21.8 Å². The number of benzene rings is 3. The van der Waals surface area contributed by atoms with Gasteiger partial charge in [0.25, 0.3) is 11.6 Å². The Hall–Kier alpha value is -3.21. The second kappa shape index (κ2) is 10.4. The number of nitro groups is 1. The van der Waals surface area contributed by atoms with Gasteiger partial charge in [-0.3, -0.25) is 19.8 Å². The fourth-order valence-electron chi connectivity index (χ4n) is 3.27. The van der Waals surface area contributed by atoms with E-state index < -0.39 is 4.92 Å². The molecule has 1 aliphatic heterocycles. The van der Waals surface area contributed by atoms with Crippen molar-refractivity contribution in [2.75, 3.05) is 12.0 Å². The molecule has 10 heteroatoms. The largest absolute Gasteiger partial charge is 0.493 e. The molecule has 0 unspecified atom stereocenters. The van der Waals surface area contributed by atoms with Gasteiger partial charge in [0.2, 0.25) is 0 Å². The van der Waals surface area contributed by atoms with Crippen molar-refractivity contribution in [3.05, 3.63) is 97.3 Å². The number of carbonyl (C=O) groups is 1. The number of thiocarbonyl (C=S) groups is 1. The van der Waals surface area contributed by atoms with E-state index >= 15 is 0 Å². The Morgan fingerprint density at radius 3 is 2.47 bits per heavy atom. The van der Waals surface area contributed by atoms with E-state index in [1.807, 2.05) is 42.5 Å². The SMILES string of the molecule is COc1cc(/C=C2/SC(=S)N(c3ccc(Br)cc3)C2=O)c([N+](=O)[O-])cc1OCc1ccccc1. The molecule has 1 aliphatic rings. The first-order valence-corrected chi connectivity index (χ1v) is 12.0. The van der Waals surface area contributed by atoms with Crippen molar-refractivity contribution in [2.24, 2.45) is 0 Å². The molecular formula is C24H17BrN2O5S2. The third-order valence-electron chi connectivity index (χ3n) is 4.91. The molecule has 1 fully saturated rings. The Kier molecular flexibility index (Phi) is 7.30. The van der Waals surface area contributed by atoms with Crippen LogP contribution >= 0.6 is 39.9 Å². The first-order valence-electron chi connectivity index (χ1n) is 9.94. The molecule has 1 heterocycles. The predicted octanol–water partition coefficient (Wildman–Crippen LogP) is 6.35. The zero-order chi connectivity index (χ0) is 24.2. The number of nitro benzene ring substituents is 1. The Bertz CT molecular complexity index is 1300. The second-order valence-corrected chi connectivity index (χ2v) is 9.68. The van der Waals surface area contributed by atoms with Gasteiger partial charge in [0.15, 0.2) is 15.8 Å². The topological polar surface area (TPSA) is 81.9 Å². The summed E-state index contributed by atoms with van der Waals surface area (Å²) in [7, 11) is 1.45. The number of ether oxygens (including phenoxy) is 2. The van der Waals surface area contributed by atoms with Crippen LogP contribution in [0.25, 0.3) is 6.08 Å². The van der Waals surface area contributed by atoms with Crippen LogP contribution in [0.4, 0.5) is 11.4 Å². The van der Waals surface area contributed by atoms with Crippen LogP contribution in [0.15, 0.2) is 76.1 Å². The van der Waals surface area contributed by atoms with Gasteiger partial charge in [-0.25, -0.2) is 0 Å². The van der Waals surface area contributed by atoms with Gasteiger partial charge in [0.05, 0.1) is 34.3 Å². The third-order valence-corrected chi connectivity index (χ3v) is 6.74. The normalized spacial score (nSPS) is 14.5. The molecule has 3 aromatic rings. The predicted molar refractivity (Wildman–Crippen MR) is 140 cm³/mol. The van der Waals surface area contributed by atoms with E-state index in [-0.39, 0.29) is 34.4 Å². The van der Waals surface area contributed by atoms with Crippen LogP contribution in [-0.4, -0.2) is 22.3 Å². The van der Waals surface area contributed by atoms with E-state index in [2.05, 4.69) is 15.9 Å². The molecule has 0 bridgehead atoms. The molecule has 3 aromatic carbocycles. The number of halogens is 1. The fourth-order valence-corrected chi connectivity index (χ4v) is 4.82. The van der Waals surface area contributed by atoms with E-state index in [0.29, 0.717) is 15.8 Å². The standard InChI is InChI=1S/C24H17BrN2O5S2/c1-31-20-11-16(19(27(29)30)13-21(20)32-14-15-5-3-2-4-6-15)12-22-23(28)26(24(33)34-22)18-9-7-17(25)8-10-18/h2-13H,14H2,1H3/b22-12+. The quantitative estimate of drug-likeness (QED) is 0.145. The first-order chi connectivity index (χ1) is 16.4. The number of carbonyl (C=O) groups excluding carboxylic acids is 1. The third kappa shape index (κ3) is 5.14. The fraction of sp³-hybridized carbons (Fsp3) is 0.0833. The minimum absolute atomic E-state index is 0.210. The average molecular weight is 557 g/mol. The van der Waals surface area contributed by atoms with Crippen LogP contribution < -0.4 is 14.4 Å². The van der Waals surface area contributed by atoms with Gasteiger partial charge in [-0.1, -0.05) is 70.2 Å². The monoisotopic (exact) mass is 556 g/mol. The molecule has 0 spiro atoms. The lowest BCUT2D eigenvalue weighted by atomic mass is 10.1. The number of anilines is 1. The number of amides is 1. The van der Waals surface area contributed by atoms with Crippen molar-refractivity contribution >= 4 is 67.6 Å². The van der Waals surface area contributed by atoms with Crippen molar-refractivity contribution in [3.63, 3.8) is 0 Å². The van der Waals surface area contributed by atoms with Crippen LogP contribution in [0.2, 0.25) is 0 Å². The number of methoxy groups -OCH3 is 1. The minimum Gasteiger partial charge on any atom is -0.493 e. The maximum Gasteiger partial charge on any atom is 0.280 e. The molecule has 7 nitrogen and oxygen atoms in total. The van der Waals surface area contributed by atoms with Gasteiger partial charge in [-0.05, 0) is 42.0 Å². The Morgan fingerprint density at radius 1 is 1.12 bits per heavy atom. The van der Waals surface area contributed by atoms with Gasteiger partial charge >= 0.3 is 0 Å². The summed E-state index contributed by atoms with van der Waals surface area (Å²) in [6.07, 6.45) is 1.46. The Morgan fingerprint density at radius 2 is 1.82 bits per heavy atom. The summed E-state index contributed by atoms with van der Waals surface area (Å²) in [5.74, 6) is 0.198. The molecule has 0 saturated carbocycles. The summed E-state index contributed by atoms with van der Waals surface area (Å²) in [5, 5.41) is 11.8. The van der Waals surface area contributed by atoms with Crippen molar-refractivity contribution in [3.8, 4) is 11.5 Å². The minimum atomic E-state index is -0.518. The van der Waals surface area contributed by atoms with Gasteiger partial charge < -0.3 is 9.47 Å². The van der Waals surface area contributed by atoms with Crippen LogP contribution in [0.1, 0.15) is 11.1 Å². The lowest BCUT2D eigenvalue weighted by Gasteiger charge is -2.14. The number of thioether (sulfide) groups is 1. The molecule has 34 heavy (non-hydrogen) atoms. The van der Waals surface area contributed by atoms with E-state index in [1.165, 1.54) is 30.2 Å². The molecule has 1 saturated heterocycles. The summed E-state index contributed by atoms with van der Waals surface area (Å²) in [6, 6.07) is 19.4. The number of hydrogen-bond donors (Lipinski definition) is 0. The van der Waals surface area contributed by atoms with Crippen molar-refractivity contribution < 1.29 is 19.2 Å². The van der Waals surface area contributed by atoms with Gasteiger partial charge in [0, 0.05) is 4.47 Å². The highest BCUT2D eigenvalue weighted by Gasteiger charge is 2.34. The molecule has 0 N–H and O–H groups in total.